The molecule has 9 heteroatoms. The third-order valence-corrected chi connectivity index (χ3v) is 3.62. The molecule has 0 aliphatic rings. The van der Waals surface area contributed by atoms with Crippen molar-refractivity contribution in [3.05, 3.63) is 29.1 Å². The SMILES string of the molecule is Cc1cc(F)c(CC(=O)C(F)(F)F)cc1SCC(F)(F)F. The Morgan fingerprint density at radius 2 is 1.71 bits per heavy atom. The monoisotopic (exact) mass is 334 g/mol. The minimum Gasteiger partial charge on any atom is -0.289 e. The van der Waals surface area contributed by atoms with Crippen LogP contribution in [0.5, 0.6) is 0 Å². The van der Waals surface area contributed by atoms with Crippen LogP contribution in [0.15, 0.2) is 17.0 Å². The zero-order valence-electron chi connectivity index (χ0n) is 10.5. The van der Waals surface area contributed by atoms with Gasteiger partial charge in [0, 0.05) is 11.3 Å². The first-order chi connectivity index (χ1) is 9.40. The largest absolute Gasteiger partial charge is 0.450 e. The number of rotatable bonds is 4. The first-order valence-electron chi connectivity index (χ1n) is 5.49. The highest BCUT2D eigenvalue weighted by molar-refractivity contribution is 7.99. The molecule has 1 rings (SSSR count). The molecule has 118 valence electrons. The molecule has 0 aliphatic heterocycles. The van der Waals surface area contributed by atoms with Crippen molar-refractivity contribution >= 4 is 17.5 Å². The van der Waals surface area contributed by atoms with E-state index in [9.17, 15) is 35.5 Å². The molecule has 0 unspecified atom stereocenters. The Bertz CT molecular complexity index is 534. The average molecular weight is 334 g/mol. The summed E-state index contributed by atoms with van der Waals surface area (Å²) in [6, 6.07) is 1.67. The molecule has 0 atom stereocenters. The van der Waals surface area contributed by atoms with Crippen molar-refractivity contribution in [1.82, 2.24) is 0 Å². The Labute approximate surface area is 119 Å². The Balaban J connectivity index is 2.98. The maximum Gasteiger partial charge on any atom is 0.450 e. The summed E-state index contributed by atoms with van der Waals surface area (Å²) in [7, 11) is 0. The van der Waals surface area contributed by atoms with Gasteiger partial charge < -0.3 is 0 Å². The zero-order chi connectivity index (χ0) is 16.4. The highest BCUT2D eigenvalue weighted by Gasteiger charge is 2.38. The molecule has 0 aromatic heterocycles. The molecule has 1 nitrogen and oxygen atoms in total. The quantitative estimate of drug-likeness (QED) is 0.597. The smallest absolute Gasteiger partial charge is 0.289 e. The summed E-state index contributed by atoms with van der Waals surface area (Å²) in [5.74, 6) is -4.47. The van der Waals surface area contributed by atoms with E-state index < -0.39 is 41.7 Å². The zero-order valence-corrected chi connectivity index (χ0v) is 11.3. The van der Waals surface area contributed by atoms with E-state index in [0.717, 1.165) is 12.1 Å². The first kappa shape index (κ1) is 17.8. The first-order valence-corrected chi connectivity index (χ1v) is 6.47. The van der Waals surface area contributed by atoms with E-state index in [-0.39, 0.29) is 10.5 Å². The molecule has 1 aromatic carbocycles. The van der Waals surface area contributed by atoms with E-state index in [4.69, 9.17) is 0 Å². The topological polar surface area (TPSA) is 17.1 Å². The third kappa shape index (κ3) is 5.56. The molecule has 21 heavy (non-hydrogen) atoms. The average Bonchev–Trinajstić information content (AvgIpc) is 2.28. The summed E-state index contributed by atoms with van der Waals surface area (Å²) >= 11 is 0.327. The van der Waals surface area contributed by atoms with Crippen molar-refractivity contribution in [2.45, 2.75) is 30.6 Å². The minimum absolute atomic E-state index is 0.0151. The lowest BCUT2D eigenvalue weighted by molar-refractivity contribution is -0.170. The maximum absolute atomic E-state index is 13.5. The molecule has 1 aromatic rings. The third-order valence-electron chi connectivity index (χ3n) is 2.40. The van der Waals surface area contributed by atoms with Crippen molar-refractivity contribution < 1.29 is 35.5 Å². The lowest BCUT2D eigenvalue weighted by atomic mass is 10.1. The van der Waals surface area contributed by atoms with Gasteiger partial charge >= 0.3 is 12.4 Å². The van der Waals surface area contributed by atoms with Crippen molar-refractivity contribution in [2.75, 3.05) is 5.75 Å². The van der Waals surface area contributed by atoms with Crippen LogP contribution in [0.3, 0.4) is 0 Å². The number of hydrogen-bond acceptors (Lipinski definition) is 2. The lowest BCUT2D eigenvalue weighted by Gasteiger charge is -2.12. The summed E-state index contributed by atoms with van der Waals surface area (Å²) < 4.78 is 86.2. The molecule has 0 aliphatic carbocycles. The van der Waals surface area contributed by atoms with Gasteiger partial charge in [-0.05, 0) is 30.2 Å². The number of thioether (sulfide) groups is 1. The van der Waals surface area contributed by atoms with E-state index >= 15 is 0 Å². The molecule has 0 amide bonds. The predicted molar refractivity (Wildman–Crippen MR) is 62.7 cm³/mol. The predicted octanol–water partition coefficient (Wildman–Crippen LogP) is 4.46. The number of hydrogen-bond donors (Lipinski definition) is 0. The highest BCUT2D eigenvalue weighted by atomic mass is 32.2. The van der Waals surface area contributed by atoms with E-state index in [2.05, 4.69) is 0 Å². The number of aryl methyl sites for hydroxylation is 1. The fourth-order valence-corrected chi connectivity index (χ4v) is 2.25. The standard InChI is InChI=1S/C12H9F7OS/c1-6-2-8(13)7(4-10(20)12(17,18)19)3-9(6)21-5-11(14,15)16/h2-3H,4-5H2,1H3. The number of carbonyl (C=O) groups is 1. The fraction of sp³-hybridized carbons (Fsp3) is 0.417. The molecule has 0 saturated carbocycles. The molecule has 0 bridgehead atoms. The van der Waals surface area contributed by atoms with Crippen molar-refractivity contribution in [1.29, 1.82) is 0 Å². The van der Waals surface area contributed by atoms with Gasteiger partial charge in [-0.25, -0.2) is 4.39 Å². The summed E-state index contributed by atoms with van der Waals surface area (Å²) in [6.07, 6.45) is -10.8. The minimum atomic E-state index is -5.11. The molecule has 0 spiro atoms. The van der Waals surface area contributed by atoms with Gasteiger partial charge in [0.2, 0.25) is 5.78 Å². The van der Waals surface area contributed by atoms with Gasteiger partial charge in [-0.2, -0.15) is 26.3 Å². The summed E-state index contributed by atoms with van der Waals surface area (Å²) in [6.45, 7) is 1.33. The van der Waals surface area contributed by atoms with Gasteiger partial charge in [-0.1, -0.05) is 0 Å². The number of benzene rings is 1. The Kier molecular flexibility index (Phi) is 5.30. The van der Waals surface area contributed by atoms with Gasteiger partial charge in [0.25, 0.3) is 0 Å². The van der Waals surface area contributed by atoms with Crippen LogP contribution in [-0.4, -0.2) is 23.9 Å². The lowest BCUT2D eigenvalue weighted by Crippen LogP contribution is -2.25. The van der Waals surface area contributed by atoms with E-state index in [0.29, 0.717) is 11.8 Å². The van der Waals surface area contributed by atoms with Crippen LogP contribution < -0.4 is 0 Å². The second-order valence-electron chi connectivity index (χ2n) is 4.21. The van der Waals surface area contributed by atoms with Crippen LogP contribution in [0.4, 0.5) is 30.7 Å². The van der Waals surface area contributed by atoms with E-state index in [1.807, 2.05) is 0 Å². The van der Waals surface area contributed by atoms with E-state index in [1.54, 1.807) is 0 Å². The molecular formula is C12H9F7OS. The van der Waals surface area contributed by atoms with Gasteiger partial charge in [0.1, 0.15) is 5.82 Å². The van der Waals surface area contributed by atoms with Crippen LogP contribution >= 0.6 is 11.8 Å². The van der Waals surface area contributed by atoms with Crippen molar-refractivity contribution in [3.8, 4) is 0 Å². The van der Waals surface area contributed by atoms with Gasteiger partial charge in [-0.3, -0.25) is 4.79 Å². The second kappa shape index (κ2) is 6.25. The van der Waals surface area contributed by atoms with Crippen LogP contribution in [0.25, 0.3) is 0 Å². The second-order valence-corrected chi connectivity index (χ2v) is 5.23. The number of carbonyl (C=O) groups excluding carboxylic acids is 1. The Hall–Kier alpha value is -1.25. The number of Topliss-reactive ketones (excluding diaryl/α,β-unsaturated/α-hetero) is 1. The number of ketones is 1. The summed E-state index contributed by atoms with van der Waals surface area (Å²) in [5.41, 5.74) is -0.419. The van der Waals surface area contributed by atoms with Crippen molar-refractivity contribution in [2.24, 2.45) is 0 Å². The molecule has 0 N–H and O–H groups in total. The van der Waals surface area contributed by atoms with Gasteiger partial charge in [-0.15, -0.1) is 11.8 Å². The Morgan fingerprint density at radius 1 is 1.14 bits per heavy atom. The molecular weight excluding hydrogens is 325 g/mol. The van der Waals surface area contributed by atoms with Crippen LogP contribution in [0.2, 0.25) is 0 Å². The van der Waals surface area contributed by atoms with E-state index in [1.165, 1.54) is 6.92 Å². The normalized spacial score (nSPS) is 12.6. The van der Waals surface area contributed by atoms with Crippen LogP contribution in [0, 0.1) is 12.7 Å². The van der Waals surface area contributed by atoms with Gasteiger partial charge in [0.05, 0.1) is 5.75 Å². The van der Waals surface area contributed by atoms with Crippen LogP contribution in [-0.2, 0) is 11.2 Å². The molecule has 0 heterocycles. The number of halogens is 7. The summed E-state index contributed by atoms with van der Waals surface area (Å²) in [4.78, 5) is 10.8. The van der Waals surface area contributed by atoms with Crippen molar-refractivity contribution in [3.63, 3.8) is 0 Å². The highest BCUT2D eigenvalue weighted by Crippen LogP contribution is 2.31. The molecule has 0 saturated heterocycles. The number of alkyl halides is 6. The van der Waals surface area contributed by atoms with Crippen LogP contribution in [0.1, 0.15) is 11.1 Å². The summed E-state index contributed by atoms with van der Waals surface area (Å²) in [5, 5.41) is 0. The molecule has 0 fully saturated rings. The fourth-order valence-electron chi connectivity index (χ4n) is 1.42. The van der Waals surface area contributed by atoms with Gasteiger partial charge in [0.15, 0.2) is 0 Å². The maximum atomic E-state index is 13.5. The molecule has 0 radical (unpaired) electrons. The Morgan fingerprint density at radius 3 is 2.19 bits per heavy atom.